The van der Waals surface area contributed by atoms with Crippen LogP contribution < -0.4 is 0 Å². The van der Waals surface area contributed by atoms with Crippen LogP contribution in [0.5, 0.6) is 0 Å². The van der Waals surface area contributed by atoms with E-state index >= 15 is 0 Å². The number of rotatable bonds is 6. The summed E-state index contributed by atoms with van der Waals surface area (Å²) in [4.78, 5) is 5.71. The van der Waals surface area contributed by atoms with Gasteiger partial charge in [-0.25, -0.2) is 0 Å². The Balaban J connectivity index is 2.83. The number of halogens is 1. The van der Waals surface area contributed by atoms with Gasteiger partial charge in [0.1, 0.15) is 6.61 Å². The maximum atomic E-state index is 10.9. The summed E-state index contributed by atoms with van der Waals surface area (Å²) in [5.41, 5.74) is 7.79. The quantitative estimate of drug-likeness (QED) is 0.246. The molecule has 5 nitrogen and oxygen atoms in total. The summed E-state index contributed by atoms with van der Waals surface area (Å²) in [7, 11) is 0. The molecule has 0 aromatic carbocycles. The largest absolute Gasteiger partial charge is 0.379 e. The molecule has 0 atom stereocenters. The minimum absolute atomic E-state index is 0.0870. The van der Waals surface area contributed by atoms with Crippen molar-refractivity contribution in [1.82, 2.24) is 0 Å². The first-order valence-corrected chi connectivity index (χ1v) is 2.74. The zero-order chi connectivity index (χ0) is 7.66. The monoisotopic (exact) mass is 149 g/mol. The van der Waals surface area contributed by atoms with Crippen molar-refractivity contribution in [2.75, 3.05) is 26.4 Å². The third-order valence-corrected chi connectivity index (χ3v) is 0.704. The molecule has 0 aliphatic rings. The first-order chi connectivity index (χ1) is 4.91. The summed E-state index contributed by atoms with van der Waals surface area (Å²) < 4.78 is 15.7. The van der Waals surface area contributed by atoms with E-state index in [-0.39, 0.29) is 19.8 Å². The fourth-order valence-corrected chi connectivity index (χ4v) is 0.343. The van der Waals surface area contributed by atoms with Crippen LogP contribution in [0.3, 0.4) is 0 Å². The van der Waals surface area contributed by atoms with Crippen molar-refractivity contribution in [2.24, 2.45) is 5.11 Å². The highest BCUT2D eigenvalue weighted by Gasteiger charge is 1.85. The lowest BCUT2D eigenvalue weighted by molar-refractivity contribution is -0.145. The van der Waals surface area contributed by atoms with E-state index < -0.39 is 0 Å². The lowest BCUT2D eigenvalue weighted by Gasteiger charge is -1.96. The number of ether oxygens (including phenoxy) is 1. The van der Waals surface area contributed by atoms with Gasteiger partial charge in [0.15, 0.2) is 0 Å². The lowest BCUT2D eigenvalue weighted by Crippen LogP contribution is -2.03. The van der Waals surface area contributed by atoms with Gasteiger partial charge in [0.25, 0.3) is 0 Å². The number of azide groups is 1. The van der Waals surface area contributed by atoms with Crippen molar-refractivity contribution in [2.45, 2.75) is 0 Å². The van der Waals surface area contributed by atoms with E-state index in [2.05, 4.69) is 15.0 Å². The van der Waals surface area contributed by atoms with Gasteiger partial charge >= 0.3 is 0 Å². The van der Waals surface area contributed by atoms with Crippen LogP contribution in [0.25, 0.3) is 10.4 Å². The third kappa shape index (κ3) is 7.16. The number of hydrogen-bond acceptors (Lipinski definition) is 3. The maximum Gasteiger partial charge on any atom is 0.111 e. The minimum Gasteiger partial charge on any atom is -0.379 e. The minimum atomic E-state index is -0.0870. The predicted molar refractivity (Wildman–Crippen MR) is 31.9 cm³/mol. The molecular weight excluding hydrogens is 141 g/mol. The highest BCUT2D eigenvalue weighted by molar-refractivity contribution is 4.43. The van der Waals surface area contributed by atoms with Gasteiger partial charge in [-0.3, -0.25) is 0 Å². The summed E-state index contributed by atoms with van der Waals surface area (Å²) in [6.07, 6.45) is 0. The molecule has 0 aromatic heterocycles. The smallest absolute Gasteiger partial charge is 0.111 e. The third-order valence-electron chi connectivity index (χ3n) is 0.704. The van der Waals surface area contributed by atoms with Crippen molar-refractivity contribution in [1.29, 1.82) is 0 Å². The van der Waals surface area contributed by atoms with Gasteiger partial charge in [-0.2, -0.15) is 4.94 Å². The standard InChI is InChI=1S/C4H8FN3O2/c5-10-4-3-9-2-1-7-8-6/h1-4H2. The molecule has 0 bridgehead atoms. The van der Waals surface area contributed by atoms with Crippen LogP contribution in [0.2, 0.25) is 0 Å². The van der Waals surface area contributed by atoms with Crippen molar-refractivity contribution in [3.05, 3.63) is 10.4 Å². The second-order valence-corrected chi connectivity index (χ2v) is 1.38. The summed E-state index contributed by atoms with van der Waals surface area (Å²) in [6, 6.07) is 0. The maximum absolute atomic E-state index is 10.9. The first-order valence-electron chi connectivity index (χ1n) is 2.74. The fourth-order valence-electron chi connectivity index (χ4n) is 0.343. The Hall–Kier alpha value is -0.840. The molecule has 0 aliphatic heterocycles. The van der Waals surface area contributed by atoms with Crippen LogP contribution in [0.1, 0.15) is 0 Å². The average Bonchev–Trinajstić information content (AvgIpc) is 1.97. The summed E-state index contributed by atoms with van der Waals surface area (Å²) in [5, 5.41) is 3.19. The van der Waals surface area contributed by atoms with E-state index in [4.69, 9.17) is 10.3 Å². The van der Waals surface area contributed by atoms with Crippen LogP contribution in [0.15, 0.2) is 5.11 Å². The van der Waals surface area contributed by atoms with E-state index in [0.29, 0.717) is 6.61 Å². The molecule has 0 saturated carbocycles. The zero-order valence-corrected chi connectivity index (χ0v) is 5.36. The SMILES string of the molecule is [N-]=[N+]=NCCOCCOF. The molecule has 0 amide bonds. The van der Waals surface area contributed by atoms with Gasteiger partial charge in [0, 0.05) is 11.5 Å². The molecule has 0 unspecified atom stereocenters. The van der Waals surface area contributed by atoms with Gasteiger partial charge in [0.05, 0.1) is 13.2 Å². The van der Waals surface area contributed by atoms with E-state index in [0.717, 1.165) is 0 Å². The fraction of sp³-hybridized carbons (Fsp3) is 1.00. The van der Waals surface area contributed by atoms with Crippen molar-refractivity contribution >= 4 is 0 Å². The van der Waals surface area contributed by atoms with Crippen LogP contribution >= 0.6 is 0 Å². The predicted octanol–water partition coefficient (Wildman–Crippen LogP) is 1.21. The normalized spacial score (nSPS) is 8.90. The molecule has 0 N–H and O–H groups in total. The van der Waals surface area contributed by atoms with E-state index in [9.17, 15) is 4.53 Å². The number of hydrogen-bond donors (Lipinski definition) is 0. The Morgan fingerprint density at radius 2 is 2.20 bits per heavy atom. The number of nitrogens with zero attached hydrogens (tertiary/aromatic N) is 3. The molecule has 0 spiro atoms. The Labute approximate surface area is 57.3 Å². The van der Waals surface area contributed by atoms with Gasteiger partial charge in [-0.1, -0.05) is 5.11 Å². The van der Waals surface area contributed by atoms with Crippen LogP contribution in [-0.2, 0) is 9.68 Å². The van der Waals surface area contributed by atoms with Crippen LogP contribution in [-0.4, -0.2) is 26.4 Å². The average molecular weight is 149 g/mol. The Kier molecular flexibility index (Phi) is 7.47. The molecule has 0 saturated heterocycles. The summed E-state index contributed by atoms with van der Waals surface area (Å²) in [6.45, 7) is 0.657. The molecule has 0 aromatic rings. The highest BCUT2D eigenvalue weighted by atomic mass is 19.3. The molecule has 0 fully saturated rings. The Bertz CT molecular complexity index is 115. The molecule has 6 heteroatoms. The Morgan fingerprint density at radius 3 is 2.80 bits per heavy atom. The zero-order valence-electron chi connectivity index (χ0n) is 5.36. The van der Waals surface area contributed by atoms with E-state index in [1.54, 1.807) is 0 Å². The van der Waals surface area contributed by atoms with Crippen molar-refractivity contribution < 1.29 is 14.2 Å². The van der Waals surface area contributed by atoms with Gasteiger partial charge < -0.3 is 4.74 Å². The second kappa shape index (κ2) is 8.16. The topological polar surface area (TPSA) is 67.2 Å². The molecule has 10 heavy (non-hydrogen) atoms. The van der Waals surface area contributed by atoms with Gasteiger partial charge in [-0.05, 0) is 10.1 Å². The van der Waals surface area contributed by atoms with Crippen LogP contribution in [0, 0.1) is 0 Å². The van der Waals surface area contributed by atoms with E-state index in [1.165, 1.54) is 0 Å². The molecule has 0 radical (unpaired) electrons. The molecular formula is C4H8FN3O2. The first kappa shape index (κ1) is 9.16. The molecule has 0 aliphatic carbocycles. The molecule has 58 valence electrons. The second-order valence-electron chi connectivity index (χ2n) is 1.38. The summed E-state index contributed by atoms with van der Waals surface area (Å²) in [5.74, 6) is 0. The van der Waals surface area contributed by atoms with E-state index in [1.807, 2.05) is 0 Å². The molecule has 0 rings (SSSR count). The summed E-state index contributed by atoms with van der Waals surface area (Å²) >= 11 is 0. The van der Waals surface area contributed by atoms with Gasteiger partial charge in [-0.15, -0.1) is 0 Å². The van der Waals surface area contributed by atoms with Crippen molar-refractivity contribution in [3.8, 4) is 0 Å². The lowest BCUT2D eigenvalue weighted by atomic mass is 10.7. The Morgan fingerprint density at radius 1 is 1.40 bits per heavy atom. The van der Waals surface area contributed by atoms with Crippen molar-refractivity contribution in [3.63, 3.8) is 0 Å². The highest BCUT2D eigenvalue weighted by Crippen LogP contribution is 1.79. The van der Waals surface area contributed by atoms with Gasteiger partial charge in [0.2, 0.25) is 0 Å². The van der Waals surface area contributed by atoms with Crippen LogP contribution in [0.4, 0.5) is 4.53 Å². The molecule has 0 heterocycles.